The number of aromatic nitrogens is 2. The molecule has 1 rings (SSSR count). The van der Waals surface area contributed by atoms with Gasteiger partial charge in [0.25, 0.3) is 0 Å². The summed E-state index contributed by atoms with van der Waals surface area (Å²) in [5.41, 5.74) is 0. The lowest BCUT2D eigenvalue weighted by Crippen LogP contribution is -1.82. The van der Waals surface area contributed by atoms with Gasteiger partial charge in [-0.2, -0.15) is 0 Å². The predicted molar refractivity (Wildman–Crippen MR) is 175 cm³/mol. The van der Waals surface area contributed by atoms with Gasteiger partial charge in [-0.05, 0) is 54.1 Å². The van der Waals surface area contributed by atoms with Gasteiger partial charge in [0.15, 0.2) is 8.68 Å². The Balaban J connectivity index is 1.82. The number of hydrogen-bond acceptors (Lipinski definition) is 9. The Morgan fingerprint density at radius 2 is 0.771 bits per heavy atom. The first-order chi connectivity index (χ1) is 17.4. The number of rotatable bonds is 28. The highest BCUT2D eigenvalue weighted by Crippen LogP contribution is 2.46. The second-order valence-corrected chi connectivity index (χ2v) is 19.0. The smallest absolute Gasteiger partial charge is 0.130 e. The average Bonchev–Trinajstić information content (AvgIpc) is 3.32. The minimum absolute atomic E-state index is 1.09. The maximum Gasteiger partial charge on any atom is 0.186 e. The second-order valence-electron chi connectivity index (χ2n) is 9.14. The quantitative estimate of drug-likeness (QED) is 0.0679. The molecule has 0 aliphatic rings. The summed E-state index contributed by atoms with van der Waals surface area (Å²) in [7, 11) is 11.2. The van der Waals surface area contributed by atoms with Gasteiger partial charge >= 0.3 is 0 Å². The van der Waals surface area contributed by atoms with Crippen molar-refractivity contribution in [2.45, 2.75) is 151 Å². The molecule has 1 aromatic heterocycles. The summed E-state index contributed by atoms with van der Waals surface area (Å²) < 4.78 is 2.18. The van der Waals surface area contributed by atoms with Crippen LogP contribution in [0.5, 0.6) is 0 Å². The monoisotopic (exact) mass is 614 g/mol. The fraction of sp³-hybridized carbons (Fsp3) is 0.923. The Morgan fingerprint density at radius 1 is 0.457 bits per heavy atom. The number of nitrogens with zero attached hydrogens (tertiary/aromatic N) is 2. The van der Waals surface area contributed by atoms with Crippen LogP contribution in [0.3, 0.4) is 0 Å². The highest BCUT2D eigenvalue weighted by molar-refractivity contribution is 9.10. The third kappa shape index (κ3) is 24.4. The van der Waals surface area contributed by atoms with Crippen molar-refractivity contribution >= 4 is 74.2 Å². The lowest BCUT2D eigenvalue weighted by Gasteiger charge is -2.02. The van der Waals surface area contributed by atoms with E-state index in [1.165, 1.54) is 140 Å². The standard InChI is InChI=1S/C26H50N2S7/c1-3-5-7-9-11-13-15-17-19-21-23-29-34-32-25-27-28-26(31-25)33-35-30-24-22-20-18-16-14-12-10-8-6-4-2/h3-24H2,1-2H3. The first-order valence-corrected chi connectivity index (χ1v) is 22.2. The summed E-state index contributed by atoms with van der Waals surface area (Å²) >= 11 is 1.74. The van der Waals surface area contributed by atoms with Crippen LogP contribution in [-0.2, 0) is 0 Å². The average molecular weight is 615 g/mol. The van der Waals surface area contributed by atoms with Crippen molar-refractivity contribution in [3.05, 3.63) is 0 Å². The Hall–Kier alpha value is 1.66. The molecule has 35 heavy (non-hydrogen) atoms. The zero-order valence-corrected chi connectivity index (χ0v) is 28.0. The van der Waals surface area contributed by atoms with Gasteiger partial charge in [-0.25, -0.2) is 0 Å². The van der Waals surface area contributed by atoms with Gasteiger partial charge in [0.1, 0.15) is 0 Å². The third-order valence-electron chi connectivity index (χ3n) is 5.86. The van der Waals surface area contributed by atoms with Crippen molar-refractivity contribution in [1.29, 1.82) is 0 Å². The van der Waals surface area contributed by atoms with Crippen molar-refractivity contribution in [3.63, 3.8) is 0 Å². The Kier molecular flexibility index (Phi) is 28.4. The van der Waals surface area contributed by atoms with E-state index in [2.05, 4.69) is 24.0 Å². The number of hydrogen-bond donors (Lipinski definition) is 0. The van der Waals surface area contributed by atoms with E-state index >= 15 is 0 Å². The molecule has 9 heteroatoms. The molecule has 206 valence electrons. The van der Waals surface area contributed by atoms with Crippen molar-refractivity contribution in [3.8, 4) is 0 Å². The van der Waals surface area contributed by atoms with Crippen LogP contribution in [0.2, 0.25) is 0 Å². The molecule has 0 radical (unpaired) electrons. The van der Waals surface area contributed by atoms with E-state index < -0.39 is 0 Å². The molecule has 0 aliphatic heterocycles. The Morgan fingerprint density at radius 3 is 1.11 bits per heavy atom. The molecule has 0 aromatic carbocycles. The summed E-state index contributed by atoms with van der Waals surface area (Å²) in [4.78, 5) is 0. The Labute approximate surface area is 245 Å². The maximum atomic E-state index is 4.34. The van der Waals surface area contributed by atoms with E-state index in [1.54, 1.807) is 32.9 Å². The summed E-state index contributed by atoms with van der Waals surface area (Å²) in [6.45, 7) is 4.58. The molecule has 0 aliphatic carbocycles. The van der Waals surface area contributed by atoms with Gasteiger partial charge in [-0.1, -0.05) is 162 Å². The Bertz CT molecular complexity index is 501. The molecule has 0 bridgehead atoms. The van der Waals surface area contributed by atoms with Crippen LogP contribution >= 0.6 is 74.2 Å². The molecule has 0 amide bonds. The van der Waals surface area contributed by atoms with E-state index in [0.29, 0.717) is 0 Å². The first kappa shape index (κ1) is 34.7. The van der Waals surface area contributed by atoms with Gasteiger partial charge in [-0.15, -0.1) is 10.2 Å². The molecular formula is C26H50N2S7. The fourth-order valence-corrected chi connectivity index (χ4v) is 13.3. The summed E-state index contributed by atoms with van der Waals surface area (Å²) in [6, 6.07) is 0. The normalized spacial score (nSPS) is 11.5. The van der Waals surface area contributed by atoms with Crippen molar-refractivity contribution in [1.82, 2.24) is 10.2 Å². The molecule has 1 aromatic rings. The van der Waals surface area contributed by atoms with Crippen molar-refractivity contribution in [2.75, 3.05) is 11.5 Å². The summed E-state index contributed by atoms with van der Waals surface area (Å²) in [6.07, 6.45) is 28.2. The second kappa shape index (κ2) is 28.7. The molecule has 0 saturated heterocycles. The minimum Gasteiger partial charge on any atom is -0.130 e. The highest BCUT2D eigenvalue weighted by atomic mass is 33.5. The minimum atomic E-state index is 1.09. The third-order valence-corrected chi connectivity index (χ3v) is 15.6. The number of unbranched alkanes of at least 4 members (excludes halogenated alkanes) is 18. The largest absolute Gasteiger partial charge is 0.186 e. The van der Waals surface area contributed by atoms with E-state index in [1.807, 2.05) is 41.2 Å². The lowest BCUT2D eigenvalue weighted by atomic mass is 10.1. The maximum absolute atomic E-state index is 4.34. The molecule has 0 N–H and O–H groups in total. The molecular weight excluding hydrogens is 565 g/mol. The predicted octanol–water partition coefficient (Wildman–Crippen LogP) is 13.2. The van der Waals surface area contributed by atoms with Gasteiger partial charge in [0.05, 0.1) is 0 Å². The van der Waals surface area contributed by atoms with E-state index in [0.717, 1.165) is 8.68 Å². The van der Waals surface area contributed by atoms with E-state index in [9.17, 15) is 0 Å². The van der Waals surface area contributed by atoms with Gasteiger partial charge in [-0.3, -0.25) is 0 Å². The van der Waals surface area contributed by atoms with Crippen LogP contribution in [0, 0.1) is 0 Å². The van der Waals surface area contributed by atoms with Gasteiger partial charge in [0.2, 0.25) is 0 Å². The molecule has 0 unspecified atom stereocenters. The van der Waals surface area contributed by atoms with Crippen LogP contribution in [0.1, 0.15) is 142 Å². The zero-order chi connectivity index (χ0) is 25.1. The van der Waals surface area contributed by atoms with Gasteiger partial charge < -0.3 is 0 Å². The topological polar surface area (TPSA) is 25.8 Å². The summed E-state index contributed by atoms with van der Waals surface area (Å²) in [5.74, 6) is 2.50. The lowest BCUT2D eigenvalue weighted by molar-refractivity contribution is 0.563. The zero-order valence-electron chi connectivity index (χ0n) is 22.3. The highest BCUT2D eigenvalue weighted by Gasteiger charge is 2.07. The molecule has 2 nitrogen and oxygen atoms in total. The van der Waals surface area contributed by atoms with Crippen molar-refractivity contribution < 1.29 is 0 Å². The summed E-state index contributed by atoms with van der Waals surface area (Å²) in [5, 5.41) is 8.69. The molecule has 0 spiro atoms. The van der Waals surface area contributed by atoms with Gasteiger partial charge in [0, 0.05) is 11.5 Å². The van der Waals surface area contributed by atoms with Crippen LogP contribution in [0.4, 0.5) is 0 Å². The SMILES string of the molecule is CCCCCCCCCCCCSSSc1nnc(SSSCCCCCCCCCCCC)s1. The molecule has 0 atom stereocenters. The van der Waals surface area contributed by atoms with Crippen LogP contribution in [-0.4, -0.2) is 21.7 Å². The molecule has 0 saturated carbocycles. The van der Waals surface area contributed by atoms with Crippen LogP contribution in [0.15, 0.2) is 8.68 Å². The van der Waals surface area contributed by atoms with Crippen LogP contribution in [0.25, 0.3) is 0 Å². The first-order valence-electron chi connectivity index (χ1n) is 14.1. The van der Waals surface area contributed by atoms with E-state index in [-0.39, 0.29) is 0 Å². The van der Waals surface area contributed by atoms with Crippen LogP contribution < -0.4 is 0 Å². The molecule has 0 fully saturated rings. The van der Waals surface area contributed by atoms with Crippen molar-refractivity contribution in [2.24, 2.45) is 0 Å². The molecule has 1 heterocycles. The fourth-order valence-electron chi connectivity index (χ4n) is 3.74. The van der Waals surface area contributed by atoms with E-state index in [4.69, 9.17) is 0 Å².